The molecule has 0 aliphatic heterocycles. The van der Waals surface area contributed by atoms with Gasteiger partial charge < -0.3 is 4.90 Å². The van der Waals surface area contributed by atoms with Gasteiger partial charge in [-0.05, 0) is 18.9 Å². The Bertz CT molecular complexity index is 542. The predicted octanol–water partition coefficient (Wildman–Crippen LogP) is 3.74. The summed E-state index contributed by atoms with van der Waals surface area (Å²) in [6.07, 6.45) is 0.828. The van der Waals surface area contributed by atoms with E-state index in [1.165, 1.54) is 11.2 Å². The highest BCUT2D eigenvalue weighted by Crippen LogP contribution is 2.30. The van der Waals surface area contributed by atoms with Gasteiger partial charge >= 0.3 is 0 Å². The molecule has 0 unspecified atom stereocenters. The Morgan fingerprint density at radius 2 is 2.11 bits per heavy atom. The highest BCUT2D eigenvalue weighted by molar-refractivity contribution is 7.18. The smallest absolute Gasteiger partial charge is 0.255 e. The number of hydrogen-bond donors (Lipinski definition) is 0. The normalized spacial score (nSPS) is 11.4. The first-order valence-electron chi connectivity index (χ1n) is 6.42. The maximum Gasteiger partial charge on any atom is 0.255 e. The summed E-state index contributed by atoms with van der Waals surface area (Å²) in [5.41, 5.74) is 0. The van der Waals surface area contributed by atoms with Gasteiger partial charge in [-0.25, -0.2) is 18.7 Å². The van der Waals surface area contributed by atoms with E-state index in [9.17, 15) is 8.78 Å². The lowest BCUT2D eigenvalue weighted by Crippen LogP contribution is -2.30. The van der Waals surface area contributed by atoms with Crippen LogP contribution in [0.15, 0.2) is 12.4 Å². The van der Waals surface area contributed by atoms with Crippen molar-refractivity contribution in [3.05, 3.63) is 17.3 Å². The third-order valence-corrected chi connectivity index (χ3v) is 4.05. The maximum absolute atomic E-state index is 12.7. The Kier molecular flexibility index (Phi) is 4.63. The van der Waals surface area contributed by atoms with Gasteiger partial charge in [0.25, 0.3) is 6.43 Å². The fourth-order valence-electron chi connectivity index (χ4n) is 2.04. The average Bonchev–Trinajstić information content (AvgIpc) is 2.80. The minimum absolute atomic E-state index is 0.280. The molecule has 3 nitrogen and oxygen atoms in total. The molecular formula is C13H17F2N3S. The van der Waals surface area contributed by atoms with Crippen molar-refractivity contribution in [2.45, 2.75) is 33.1 Å². The van der Waals surface area contributed by atoms with Crippen LogP contribution in [0.3, 0.4) is 0 Å². The van der Waals surface area contributed by atoms with E-state index in [0.29, 0.717) is 12.4 Å². The lowest BCUT2D eigenvalue weighted by atomic mass is 10.3. The van der Waals surface area contributed by atoms with Crippen molar-refractivity contribution in [3.8, 4) is 0 Å². The molecule has 0 saturated heterocycles. The topological polar surface area (TPSA) is 29.0 Å². The van der Waals surface area contributed by atoms with Crippen molar-refractivity contribution in [1.82, 2.24) is 9.97 Å². The number of aryl methyl sites for hydroxylation is 1. The fraction of sp³-hybridized carbons (Fsp3) is 0.538. The zero-order valence-corrected chi connectivity index (χ0v) is 11.9. The second kappa shape index (κ2) is 6.23. The van der Waals surface area contributed by atoms with Gasteiger partial charge in [0.05, 0.1) is 11.9 Å². The van der Waals surface area contributed by atoms with Crippen LogP contribution in [0, 0.1) is 0 Å². The summed E-state index contributed by atoms with van der Waals surface area (Å²) in [5, 5.41) is 0.887. The van der Waals surface area contributed by atoms with E-state index in [4.69, 9.17) is 0 Å². The van der Waals surface area contributed by atoms with E-state index < -0.39 is 6.43 Å². The lowest BCUT2D eigenvalue weighted by molar-refractivity contribution is 0.154. The number of fused-ring (bicyclic) bond motifs is 1. The Morgan fingerprint density at radius 1 is 1.32 bits per heavy atom. The highest BCUT2D eigenvalue weighted by atomic mass is 32.1. The van der Waals surface area contributed by atoms with Crippen molar-refractivity contribution in [2.75, 3.05) is 18.0 Å². The first kappa shape index (κ1) is 14.1. The predicted molar refractivity (Wildman–Crippen MR) is 75.3 cm³/mol. The molecule has 19 heavy (non-hydrogen) atoms. The van der Waals surface area contributed by atoms with Crippen LogP contribution in [0.1, 0.15) is 25.1 Å². The van der Waals surface area contributed by atoms with E-state index in [2.05, 4.69) is 16.9 Å². The molecular weight excluding hydrogens is 268 g/mol. The van der Waals surface area contributed by atoms with Gasteiger partial charge in [0, 0.05) is 11.4 Å². The summed E-state index contributed by atoms with van der Waals surface area (Å²) in [5.74, 6) is 0.628. The summed E-state index contributed by atoms with van der Waals surface area (Å²) < 4.78 is 25.4. The van der Waals surface area contributed by atoms with Crippen molar-refractivity contribution in [2.24, 2.45) is 0 Å². The van der Waals surface area contributed by atoms with Crippen LogP contribution in [0.25, 0.3) is 10.2 Å². The molecule has 2 aromatic rings. The molecule has 2 rings (SSSR count). The number of hydrogen-bond acceptors (Lipinski definition) is 4. The second-order valence-corrected chi connectivity index (χ2v) is 5.43. The summed E-state index contributed by atoms with van der Waals surface area (Å²) in [6, 6.07) is 2.02. The second-order valence-electron chi connectivity index (χ2n) is 4.32. The number of nitrogens with zero attached hydrogens (tertiary/aromatic N) is 3. The van der Waals surface area contributed by atoms with Crippen molar-refractivity contribution >= 4 is 27.4 Å². The Hall–Kier alpha value is -1.30. The summed E-state index contributed by atoms with van der Waals surface area (Å²) in [6.45, 7) is 4.34. The van der Waals surface area contributed by atoms with Crippen LogP contribution in [-0.2, 0) is 6.42 Å². The van der Waals surface area contributed by atoms with Crippen LogP contribution in [-0.4, -0.2) is 29.5 Å². The number of halogens is 2. The first-order valence-corrected chi connectivity index (χ1v) is 7.23. The van der Waals surface area contributed by atoms with E-state index >= 15 is 0 Å². The molecule has 0 saturated carbocycles. The molecule has 2 aromatic heterocycles. The zero-order valence-electron chi connectivity index (χ0n) is 11.1. The van der Waals surface area contributed by atoms with Gasteiger partial charge in [-0.15, -0.1) is 11.3 Å². The van der Waals surface area contributed by atoms with E-state index in [0.717, 1.165) is 23.1 Å². The summed E-state index contributed by atoms with van der Waals surface area (Å²) >= 11 is 1.60. The molecule has 0 amide bonds. The Balaban J connectivity index is 2.42. The van der Waals surface area contributed by atoms with E-state index in [1.807, 2.05) is 13.0 Å². The van der Waals surface area contributed by atoms with E-state index in [1.54, 1.807) is 16.2 Å². The molecule has 0 aliphatic rings. The molecule has 0 N–H and O–H groups in total. The molecule has 0 bridgehead atoms. The van der Waals surface area contributed by atoms with Crippen LogP contribution in [0.4, 0.5) is 14.6 Å². The molecule has 0 aromatic carbocycles. The monoisotopic (exact) mass is 285 g/mol. The molecule has 0 spiro atoms. The fourth-order valence-corrected chi connectivity index (χ4v) is 2.97. The number of alkyl halides is 2. The Morgan fingerprint density at radius 3 is 2.74 bits per heavy atom. The average molecular weight is 285 g/mol. The number of rotatable bonds is 6. The van der Waals surface area contributed by atoms with Gasteiger partial charge in [0.15, 0.2) is 0 Å². The molecule has 0 radical (unpaired) electrons. The molecule has 0 aliphatic carbocycles. The quantitative estimate of drug-likeness (QED) is 0.809. The third-order valence-electron chi connectivity index (χ3n) is 2.86. The van der Waals surface area contributed by atoms with E-state index in [-0.39, 0.29) is 6.54 Å². The lowest BCUT2D eigenvalue weighted by Gasteiger charge is -2.23. The number of anilines is 1. The van der Waals surface area contributed by atoms with Crippen LogP contribution >= 0.6 is 11.3 Å². The van der Waals surface area contributed by atoms with Crippen LogP contribution in [0.2, 0.25) is 0 Å². The number of thiophene rings is 1. The van der Waals surface area contributed by atoms with Crippen LogP contribution < -0.4 is 4.90 Å². The molecule has 2 heterocycles. The molecule has 0 fully saturated rings. The van der Waals surface area contributed by atoms with Gasteiger partial charge in [-0.1, -0.05) is 13.8 Å². The SMILES string of the molecule is CCCN(CC(F)F)c1ncnc2sc(CC)cc12. The molecule has 0 atom stereocenters. The van der Waals surface area contributed by atoms with Gasteiger partial charge in [0.2, 0.25) is 0 Å². The maximum atomic E-state index is 12.7. The van der Waals surface area contributed by atoms with Crippen molar-refractivity contribution < 1.29 is 8.78 Å². The highest BCUT2D eigenvalue weighted by Gasteiger charge is 2.17. The van der Waals surface area contributed by atoms with Crippen molar-refractivity contribution in [3.63, 3.8) is 0 Å². The number of aromatic nitrogens is 2. The van der Waals surface area contributed by atoms with Gasteiger partial charge in [-0.2, -0.15) is 0 Å². The zero-order chi connectivity index (χ0) is 13.8. The van der Waals surface area contributed by atoms with Gasteiger partial charge in [-0.3, -0.25) is 0 Å². The minimum Gasteiger partial charge on any atom is -0.350 e. The third kappa shape index (κ3) is 3.18. The summed E-state index contributed by atoms with van der Waals surface area (Å²) in [7, 11) is 0. The standard InChI is InChI=1S/C13H17F2N3S/c1-3-5-18(7-11(14)15)12-10-6-9(4-2)19-13(10)17-8-16-12/h6,8,11H,3-5,7H2,1-2H3. The summed E-state index contributed by atoms with van der Waals surface area (Å²) in [4.78, 5) is 12.2. The first-order chi connectivity index (χ1) is 9.15. The van der Waals surface area contributed by atoms with Crippen LogP contribution in [0.5, 0.6) is 0 Å². The van der Waals surface area contributed by atoms with Crippen molar-refractivity contribution in [1.29, 1.82) is 0 Å². The minimum atomic E-state index is -2.36. The molecule has 104 valence electrons. The van der Waals surface area contributed by atoms with Gasteiger partial charge in [0.1, 0.15) is 17.0 Å². The molecule has 6 heteroatoms. The largest absolute Gasteiger partial charge is 0.350 e. The Labute approximate surface area is 115 Å².